The number of aryl methyl sites for hydroxylation is 1. The maximum Gasteiger partial charge on any atom is 0.328 e. The van der Waals surface area contributed by atoms with Crippen LogP contribution in [-0.2, 0) is 4.79 Å². The second kappa shape index (κ2) is 5.83. The third-order valence-corrected chi connectivity index (χ3v) is 4.78. The van der Waals surface area contributed by atoms with Gasteiger partial charge < -0.3 is 10.4 Å². The first-order valence-electron chi connectivity index (χ1n) is 7.31. The Morgan fingerprint density at radius 3 is 2.54 bits per heavy atom. The molecule has 7 heteroatoms. The molecule has 0 unspecified atom stereocenters. The van der Waals surface area contributed by atoms with Gasteiger partial charge in [-0.2, -0.15) is 0 Å². The molecule has 3 rings (SSSR count). The average molecular weight is 345 g/mol. The highest BCUT2D eigenvalue weighted by atomic mass is 32.1. The van der Waals surface area contributed by atoms with Crippen LogP contribution in [0, 0.1) is 12.7 Å². The molecule has 0 saturated heterocycles. The van der Waals surface area contributed by atoms with E-state index in [0.717, 1.165) is 26.2 Å². The van der Waals surface area contributed by atoms with Gasteiger partial charge >= 0.3 is 5.97 Å². The topological polar surface area (TPSA) is 75.1 Å². The fraction of sp³-hybridized carbons (Fsp3) is 0.235. The van der Waals surface area contributed by atoms with Crippen molar-refractivity contribution in [2.24, 2.45) is 0 Å². The number of fused-ring (bicyclic) bond motifs is 1. The molecule has 0 amide bonds. The number of nitrogens with one attached hydrogen (secondary N) is 1. The summed E-state index contributed by atoms with van der Waals surface area (Å²) in [7, 11) is 0. The lowest BCUT2D eigenvalue weighted by Gasteiger charge is -2.22. The summed E-state index contributed by atoms with van der Waals surface area (Å²) in [5.74, 6) is -0.835. The van der Waals surface area contributed by atoms with Gasteiger partial charge in [-0.25, -0.2) is 19.2 Å². The minimum Gasteiger partial charge on any atom is -0.480 e. The zero-order valence-corrected chi connectivity index (χ0v) is 14.2. The Morgan fingerprint density at radius 1 is 1.25 bits per heavy atom. The number of thiophene rings is 1. The van der Waals surface area contributed by atoms with E-state index in [4.69, 9.17) is 0 Å². The number of carboxylic acids is 1. The predicted molar refractivity (Wildman–Crippen MR) is 92.9 cm³/mol. The minimum atomic E-state index is -1.18. The lowest BCUT2D eigenvalue weighted by atomic mass is 10.0. The Hall–Kier alpha value is -2.54. The summed E-state index contributed by atoms with van der Waals surface area (Å²) in [5.41, 5.74) is 0.544. The maximum atomic E-state index is 13.2. The number of benzene rings is 1. The van der Waals surface area contributed by atoms with Crippen molar-refractivity contribution in [1.29, 1.82) is 0 Å². The van der Waals surface area contributed by atoms with E-state index >= 15 is 0 Å². The van der Waals surface area contributed by atoms with E-state index in [0.29, 0.717) is 5.82 Å². The SMILES string of the molecule is Cc1sc2ncnc(NC(C)(C)C(=O)O)c2c1-c1ccc(F)cc1. The van der Waals surface area contributed by atoms with Crippen molar-refractivity contribution in [2.75, 3.05) is 5.32 Å². The standard InChI is InChI=1S/C17H16FN3O2S/c1-9-12(10-4-6-11(18)7-5-10)13-14(19-8-20-15(13)24-9)21-17(2,3)16(22)23/h4-8H,1-3H3,(H,22,23)(H,19,20,21). The minimum absolute atomic E-state index is 0.308. The van der Waals surface area contributed by atoms with Crippen LogP contribution in [0.3, 0.4) is 0 Å². The van der Waals surface area contributed by atoms with E-state index in [-0.39, 0.29) is 5.82 Å². The molecular formula is C17H16FN3O2S. The average Bonchev–Trinajstić information content (AvgIpc) is 2.85. The first-order valence-corrected chi connectivity index (χ1v) is 8.13. The van der Waals surface area contributed by atoms with Gasteiger partial charge in [0.15, 0.2) is 0 Å². The monoisotopic (exact) mass is 345 g/mol. The van der Waals surface area contributed by atoms with Crippen molar-refractivity contribution in [3.05, 3.63) is 41.3 Å². The van der Waals surface area contributed by atoms with Gasteiger partial charge in [-0.1, -0.05) is 12.1 Å². The van der Waals surface area contributed by atoms with Crippen LogP contribution >= 0.6 is 11.3 Å². The van der Waals surface area contributed by atoms with E-state index in [1.807, 2.05) is 6.92 Å². The molecule has 0 spiro atoms. The number of hydrogen-bond acceptors (Lipinski definition) is 5. The fourth-order valence-corrected chi connectivity index (χ4v) is 3.47. The molecule has 124 valence electrons. The number of rotatable bonds is 4. The highest BCUT2D eigenvalue weighted by molar-refractivity contribution is 7.19. The molecule has 0 aliphatic heterocycles. The van der Waals surface area contributed by atoms with Gasteiger partial charge in [-0.05, 0) is 38.5 Å². The van der Waals surface area contributed by atoms with E-state index in [1.165, 1.54) is 29.8 Å². The molecular weight excluding hydrogens is 329 g/mol. The lowest BCUT2D eigenvalue weighted by molar-refractivity contribution is -0.141. The van der Waals surface area contributed by atoms with Gasteiger partial charge in [0.1, 0.15) is 28.3 Å². The molecule has 1 aromatic carbocycles. The highest BCUT2D eigenvalue weighted by Gasteiger charge is 2.29. The number of aliphatic carboxylic acids is 1. The molecule has 0 saturated carbocycles. The summed E-state index contributed by atoms with van der Waals surface area (Å²) in [6.07, 6.45) is 1.41. The first kappa shape index (κ1) is 16.3. The molecule has 0 radical (unpaired) electrons. The van der Waals surface area contributed by atoms with Crippen molar-refractivity contribution in [3.8, 4) is 11.1 Å². The zero-order chi connectivity index (χ0) is 17.5. The number of carbonyl (C=O) groups is 1. The fourth-order valence-electron chi connectivity index (χ4n) is 2.45. The molecule has 2 aromatic heterocycles. The maximum absolute atomic E-state index is 13.2. The second-order valence-corrected chi connectivity index (χ2v) is 7.20. The Morgan fingerprint density at radius 2 is 1.92 bits per heavy atom. The molecule has 0 aliphatic rings. The summed E-state index contributed by atoms with van der Waals surface area (Å²) in [4.78, 5) is 21.7. The zero-order valence-electron chi connectivity index (χ0n) is 13.4. The van der Waals surface area contributed by atoms with Crippen LogP contribution in [0.1, 0.15) is 18.7 Å². The van der Waals surface area contributed by atoms with Crippen LogP contribution in [0.5, 0.6) is 0 Å². The van der Waals surface area contributed by atoms with E-state index in [2.05, 4.69) is 15.3 Å². The van der Waals surface area contributed by atoms with Gasteiger partial charge in [-0.15, -0.1) is 11.3 Å². The normalized spacial score (nSPS) is 11.7. The summed E-state index contributed by atoms with van der Waals surface area (Å²) in [6.45, 7) is 5.09. The molecule has 2 heterocycles. The molecule has 0 bridgehead atoms. The predicted octanol–water partition coefficient (Wildman–Crippen LogP) is 4.08. The number of nitrogens with zero attached hydrogens (tertiary/aromatic N) is 2. The van der Waals surface area contributed by atoms with Crippen LogP contribution < -0.4 is 5.32 Å². The molecule has 24 heavy (non-hydrogen) atoms. The summed E-state index contributed by atoms with van der Waals surface area (Å²) < 4.78 is 13.2. The number of halogens is 1. The van der Waals surface area contributed by atoms with Crippen molar-refractivity contribution >= 4 is 33.3 Å². The molecule has 0 atom stereocenters. The van der Waals surface area contributed by atoms with E-state index in [9.17, 15) is 14.3 Å². The first-order chi connectivity index (χ1) is 11.3. The Labute approximate surface area is 142 Å². The second-order valence-electron chi connectivity index (χ2n) is 6.00. The lowest BCUT2D eigenvalue weighted by Crippen LogP contribution is -2.40. The van der Waals surface area contributed by atoms with Crippen molar-refractivity contribution in [3.63, 3.8) is 0 Å². The van der Waals surface area contributed by atoms with Gasteiger partial charge in [0.25, 0.3) is 0 Å². The van der Waals surface area contributed by atoms with Gasteiger partial charge in [0.05, 0.1) is 5.39 Å². The number of hydrogen-bond donors (Lipinski definition) is 2. The number of carboxylic acid groups (broad SMARTS) is 1. The van der Waals surface area contributed by atoms with Crippen LogP contribution in [0.25, 0.3) is 21.3 Å². The largest absolute Gasteiger partial charge is 0.480 e. The third-order valence-electron chi connectivity index (χ3n) is 3.76. The number of aromatic nitrogens is 2. The highest BCUT2D eigenvalue weighted by Crippen LogP contribution is 2.40. The van der Waals surface area contributed by atoms with Crippen LogP contribution in [0.2, 0.25) is 0 Å². The van der Waals surface area contributed by atoms with Crippen LogP contribution in [0.15, 0.2) is 30.6 Å². The Bertz CT molecular complexity index is 919. The van der Waals surface area contributed by atoms with Gasteiger partial charge in [0.2, 0.25) is 0 Å². The molecule has 2 N–H and O–H groups in total. The van der Waals surface area contributed by atoms with Crippen molar-refractivity contribution in [2.45, 2.75) is 26.3 Å². The van der Waals surface area contributed by atoms with Crippen LogP contribution in [-0.4, -0.2) is 26.6 Å². The van der Waals surface area contributed by atoms with Crippen molar-refractivity contribution < 1.29 is 14.3 Å². The smallest absolute Gasteiger partial charge is 0.328 e. The molecule has 5 nitrogen and oxygen atoms in total. The molecule has 0 aliphatic carbocycles. The van der Waals surface area contributed by atoms with Gasteiger partial charge in [-0.3, -0.25) is 0 Å². The molecule has 3 aromatic rings. The van der Waals surface area contributed by atoms with Crippen molar-refractivity contribution in [1.82, 2.24) is 9.97 Å². The number of anilines is 1. The Balaban J connectivity index is 2.22. The van der Waals surface area contributed by atoms with Crippen LogP contribution in [0.4, 0.5) is 10.2 Å². The van der Waals surface area contributed by atoms with E-state index < -0.39 is 11.5 Å². The Kier molecular flexibility index (Phi) is 3.96. The van der Waals surface area contributed by atoms with E-state index in [1.54, 1.807) is 26.0 Å². The summed E-state index contributed by atoms with van der Waals surface area (Å²) >= 11 is 1.49. The third kappa shape index (κ3) is 2.82. The summed E-state index contributed by atoms with van der Waals surface area (Å²) in [5, 5.41) is 13.1. The van der Waals surface area contributed by atoms with Gasteiger partial charge in [0, 0.05) is 10.4 Å². The molecule has 0 fully saturated rings. The summed E-state index contributed by atoms with van der Waals surface area (Å²) in [6, 6.07) is 6.19. The quantitative estimate of drug-likeness (QED) is 0.745.